The standard InChI is InChI=1S/C22H33N3O2/c1-23(2)20(17-18-9-5-3-6-10-18)22(27)25-15-13-24(14-16-25)21(26)19-11-7-4-8-12-19/h3,5-6,9-10,19-20H,4,7-8,11-17H2,1-2H3. The van der Waals surface area contributed by atoms with Gasteiger partial charge in [-0.2, -0.15) is 0 Å². The van der Waals surface area contributed by atoms with Gasteiger partial charge in [0.05, 0.1) is 6.04 Å². The summed E-state index contributed by atoms with van der Waals surface area (Å²) in [5.41, 5.74) is 1.18. The van der Waals surface area contributed by atoms with E-state index in [1.165, 1.54) is 24.8 Å². The Labute approximate surface area is 163 Å². The molecule has 1 unspecified atom stereocenters. The highest BCUT2D eigenvalue weighted by molar-refractivity contribution is 5.83. The Morgan fingerprint density at radius 3 is 2.15 bits per heavy atom. The number of carbonyl (C=O) groups is 2. The minimum atomic E-state index is -0.159. The number of hydrogen-bond acceptors (Lipinski definition) is 3. The Balaban J connectivity index is 1.55. The van der Waals surface area contributed by atoms with Crippen molar-refractivity contribution in [3.8, 4) is 0 Å². The minimum absolute atomic E-state index is 0.159. The second kappa shape index (κ2) is 9.36. The van der Waals surface area contributed by atoms with Crippen LogP contribution in [0.15, 0.2) is 30.3 Å². The normalized spacial score (nSPS) is 20.0. The van der Waals surface area contributed by atoms with E-state index in [-0.39, 0.29) is 17.9 Å². The average molecular weight is 372 g/mol. The molecule has 2 aliphatic rings. The summed E-state index contributed by atoms with van der Waals surface area (Å²) < 4.78 is 0. The van der Waals surface area contributed by atoms with Gasteiger partial charge in [0, 0.05) is 32.1 Å². The molecule has 1 aliphatic heterocycles. The van der Waals surface area contributed by atoms with Gasteiger partial charge in [-0.25, -0.2) is 0 Å². The molecule has 3 rings (SSSR count). The molecule has 0 bridgehead atoms. The maximum Gasteiger partial charge on any atom is 0.240 e. The smallest absolute Gasteiger partial charge is 0.240 e. The van der Waals surface area contributed by atoms with Gasteiger partial charge in [0.15, 0.2) is 0 Å². The van der Waals surface area contributed by atoms with Crippen molar-refractivity contribution in [3.05, 3.63) is 35.9 Å². The summed E-state index contributed by atoms with van der Waals surface area (Å²) in [7, 11) is 3.93. The van der Waals surface area contributed by atoms with Crippen LogP contribution < -0.4 is 0 Å². The van der Waals surface area contributed by atoms with Crippen LogP contribution in [0.4, 0.5) is 0 Å². The van der Waals surface area contributed by atoms with Gasteiger partial charge in [-0.15, -0.1) is 0 Å². The van der Waals surface area contributed by atoms with Crippen LogP contribution in [-0.4, -0.2) is 72.8 Å². The largest absolute Gasteiger partial charge is 0.339 e. The van der Waals surface area contributed by atoms with Crippen molar-refractivity contribution in [2.45, 2.75) is 44.6 Å². The summed E-state index contributed by atoms with van der Waals surface area (Å²) in [6.07, 6.45) is 6.42. The van der Waals surface area contributed by atoms with Crippen molar-refractivity contribution in [3.63, 3.8) is 0 Å². The Morgan fingerprint density at radius 1 is 0.963 bits per heavy atom. The van der Waals surface area contributed by atoms with Gasteiger partial charge >= 0.3 is 0 Å². The molecule has 0 aromatic heterocycles. The molecule has 1 aromatic rings. The number of amides is 2. The number of benzene rings is 1. The molecular formula is C22H33N3O2. The van der Waals surface area contributed by atoms with Crippen LogP contribution >= 0.6 is 0 Å². The minimum Gasteiger partial charge on any atom is -0.339 e. The molecule has 27 heavy (non-hydrogen) atoms. The van der Waals surface area contributed by atoms with Crippen molar-refractivity contribution in [2.24, 2.45) is 5.92 Å². The van der Waals surface area contributed by atoms with E-state index in [1.54, 1.807) is 0 Å². The second-order valence-corrected chi connectivity index (χ2v) is 8.15. The highest BCUT2D eigenvalue weighted by atomic mass is 16.2. The van der Waals surface area contributed by atoms with Crippen molar-refractivity contribution < 1.29 is 9.59 Å². The van der Waals surface area contributed by atoms with Gasteiger partial charge in [-0.1, -0.05) is 49.6 Å². The first-order valence-corrected chi connectivity index (χ1v) is 10.3. The monoisotopic (exact) mass is 371 g/mol. The Bertz CT molecular complexity index is 618. The molecule has 1 aromatic carbocycles. The molecule has 2 amide bonds. The quantitative estimate of drug-likeness (QED) is 0.798. The summed E-state index contributed by atoms with van der Waals surface area (Å²) in [5, 5.41) is 0. The maximum absolute atomic E-state index is 13.1. The molecule has 5 nitrogen and oxygen atoms in total. The highest BCUT2D eigenvalue weighted by Crippen LogP contribution is 2.26. The van der Waals surface area contributed by atoms with Gasteiger partial charge in [0.2, 0.25) is 11.8 Å². The molecular weight excluding hydrogens is 338 g/mol. The van der Waals surface area contributed by atoms with Gasteiger partial charge in [0.1, 0.15) is 0 Å². The molecule has 2 fully saturated rings. The molecule has 1 saturated carbocycles. The van der Waals surface area contributed by atoms with Crippen LogP contribution in [-0.2, 0) is 16.0 Å². The molecule has 1 heterocycles. The first kappa shape index (κ1) is 19.9. The van der Waals surface area contributed by atoms with Gasteiger partial charge in [0.25, 0.3) is 0 Å². The molecule has 0 N–H and O–H groups in total. The van der Waals surface area contributed by atoms with E-state index < -0.39 is 0 Å². The number of nitrogens with zero attached hydrogens (tertiary/aromatic N) is 3. The third-order valence-corrected chi connectivity index (χ3v) is 6.04. The molecule has 148 valence electrons. The van der Waals surface area contributed by atoms with Crippen LogP contribution in [0.3, 0.4) is 0 Å². The molecule has 1 aliphatic carbocycles. The second-order valence-electron chi connectivity index (χ2n) is 8.15. The van der Waals surface area contributed by atoms with Crippen LogP contribution in [0, 0.1) is 5.92 Å². The summed E-state index contributed by atoms with van der Waals surface area (Å²) in [4.78, 5) is 31.8. The highest BCUT2D eigenvalue weighted by Gasteiger charge is 2.32. The predicted octanol–water partition coefficient (Wildman–Crippen LogP) is 2.41. The third kappa shape index (κ3) is 5.10. The molecule has 0 spiro atoms. The van der Waals surface area contributed by atoms with Crippen LogP contribution in [0.25, 0.3) is 0 Å². The van der Waals surface area contributed by atoms with Gasteiger partial charge < -0.3 is 9.80 Å². The van der Waals surface area contributed by atoms with Crippen LogP contribution in [0.1, 0.15) is 37.7 Å². The number of rotatable bonds is 5. The van der Waals surface area contributed by atoms with Gasteiger partial charge in [-0.05, 0) is 38.9 Å². The van der Waals surface area contributed by atoms with E-state index in [9.17, 15) is 9.59 Å². The van der Waals surface area contributed by atoms with Crippen molar-refractivity contribution in [1.82, 2.24) is 14.7 Å². The number of hydrogen-bond donors (Lipinski definition) is 0. The van der Waals surface area contributed by atoms with Crippen LogP contribution in [0.5, 0.6) is 0 Å². The van der Waals surface area contributed by atoms with E-state index in [1.807, 2.05) is 47.0 Å². The average Bonchev–Trinajstić information content (AvgIpc) is 2.72. The van der Waals surface area contributed by atoms with E-state index in [2.05, 4.69) is 12.1 Å². The molecule has 1 atom stereocenters. The zero-order chi connectivity index (χ0) is 19.2. The zero-order valence-corrected chi connectivity index (χ0v) is 16.8. The molecule has 1 saturated heterocycles. The topological polar surface area (TPSA) is 43.9 Å². The van der Waals surface area contributed by atoms with Crippen molar-refractivity contribution >= 4 is 11.8 Å². The molecule has 5 heteroatoms. The fraction of sp³-hybridized carbons (Fsp3) is 0.636. The zero-order valence-electron chi connectivity index (χ0n) is 16.8. The maximum atomic E-state index is 13.1. The third-order valence-electron chi connectivity index (χ3n) is 6.04. The fourth-order valence-corrected chi connectivity index (χ4v) is 4.29. The predicted molar refractivity (Wildman–Crippen MR) is 107 cm³/mol. The Morgan fingerprint density at radius 2 is 1.56 bits per heavy atom. The lowest BCUT2D eigenvalue weighted by Crippen LogP contribution is -2.56. The van der Waals surface area contributed by atoms with Crippen molar-refractivity contribution in [2.75, 3.05) is 40.3 Å². The van der Waals surface area contributed by atoms with E-state index >= 15 is 0 Å². The SMILES string of the molecule is CN(C)C(Cc1ccccc1)C(=O)N1CCN(C(=O)C2CCCCC2)CC1. The van der Waals surface area contributed by atoms with E-state index in [0.717, 1.165) is 12.8 Å². The van der Waals surface area contributed by atoms with Crippen LogP contribution in [0.2, 0.25) is 0 Å². The summed E-state index contributed by atoms with van der Waals surface area (Å²) in [6, 6.07) is 10.0. The van der Waals surface area contributed by atoms with E-state index in [0.29, 0.717) is 38.5 Å². The number of likely N-dealkylation sites (N-methyl/N-ethyl adjacent to an activating group) is 1. The number of carbonyl (C=O) groups excluding carboxylic acids is 2. The fourth-order valence-electron chi connectivity index (χ4n) is 4.29. The Hall–Kier alpha value is -1.88. The first-order valence-electron chi connectivity index (χ1n) is 10.3. The van der Waals surface area contributed by atoms with Gasteiger partial charge in [-0.3, -0.25) is 14.5 Å². The lowest BCUT2D eigenvalue weighted by atomic mass is 9.88. The lowest BCUT2D eigenvalue weighted by molar-refractivity contribution is -0.144. The summed E-state index contributed by atoms with van der Waals surface area (Å²) in [6.45, 7) is 2.64. The first-order chi connectivity index (χ1) is 13.1. The Kier molecular flexibility index (Phi) is 6.89. The summed E-state index contributed by atoms with van der Waals surface area (Å²) in [5.74, 6) is 0.706. The molecule has 0 radical (unpaired) electrons. The summed E-state index contributed by atoms with van der Waals surface area (Å²) >= 11 is 0. The van der Waals surface area contributed by atoms with Crippen molar-refractivity contribution in [1.29, 1.82) is 0 Å². The lowest BCUT2D eigenvalue weighted by Gasteiger charge is -2.39. The van der Waals surface area contributed by atoms with E-state index in [4.69, 9.17) is 0 Å². The number of piperazine rings is 1.